The molecule has 0 saturated carbocycles. The van der Waals surface area contributed by atoms with Crippen LogP contribution < -0.4 is 10.6 Å². The maximum atomic E-state index is 13.8. The van der Waals surface area contributed by atoms with E-state index in [4.69, 9.17) is 17.3 Å². The summed E-state index contributed by atoms with van der Waals surface area (Å²) in [6.07, 6.45) is 2.32. The Morgan fingerprint density at radius 1 is 1.27 bits per heavy atom. The normalized spacial score (nSPS) is 20.7. The molecule has 1 saturated heterocycles. The van der Waals surface area contributed by atoms with Crippen LogP contribution in [-0.4, -0.2) is 44.8 Å². The van der Waals surface area contributed by atoms with Gasteiger partial charge in [-0.25, -0.2) is 23.7 Å². The molecule has 26 heavy (non-hydrogen) atoms. The molecule has 1 aromatic carbocycles. The van der Waals surface area contributed by atoms with E-state index in [-0.39, 0.29) is 12.4 Å². The van der Waals surface area contributed by atoms with Crippen molar-refractivity contribution in [1.29, 1.82) is 0 Å². The number of piperidine rings is 1. The van der Waals surface area contributed by atoms with E-state index >= 15 is 0 Å². The molecule has 2 aromatic heterocycles. The number of fused-ring (bicyclic) bond motifs is 1. The molecule has 0 spiro atoms. The minimum atomic E-state index is -1.03. The highest BCUT2D eigenvalue weighted by molar-refractivity contribution is 6.30. The van der Waals surface area contributed by atoms with Crippen LogP contribution in [0.4, 0.5) is 14.7 Å². The number of nitrogens with zero attached hydrogens (tertiary/aromatic N) is 5. The first-order valence-electron chi connectivity index (χ1n) is 8.28. The third-order valence-corrected chi connectivity index (χ3v) is 4.71. The summed E-state index contributed by atoms with van der Waals surface area (Å²) < 4.78 is 29.4. The fourth-order valence-corrected chi connectivity index (χ4v) is 3.28. The van der Waals surface area contributed by atoms with Gasteiger partial charge in [0.2, 0.25) is 5.95 Å². The zero-order chi connectivity index (χ0) is 18.3. The Hall–Kier alpha value is -2.32. The second-order valence-electron chi connectivity index (χ2n) is 6.36. The number of hydrogen-bond acceptors (Lipinski definition) is 5. The largest absolute Gasteiger partial charge is 0.340 e. The van der Waals surface area contributed by atoms with Crippen LogP contribution in [0.15, 0.2) is 30.6 Å². The van der Waals surface area contributed by atoms with E-state index in [1.165, 1.54) is 24.5 Å². The predicted octanol–water partition coefficient (Wildman–Crippen LogP) is 2.54. The molecule has 1 aliphatic heterocycles. The number of imidazole rings is 1. The van der Waals surface area contributed by atoms with Crippen molar-refractivity contribution >= 4 is 28.6 Å². The Labute approximate surface area is 153 Å². The van der Waals surface area contributed by atoms with Gasteiger partial charge in [-0.2, -0.15) is 0 Å². The molecule has 0 bridgehead atoms. The number of benzene rings is 1. The quantitative estimate of drug-likeness (QED) is 0.758. The van der Waals surface area contributed by atoms with Gasteiger partial charge in [0.1, 0.15) is 17.8 Å². The maximum absolute atomic E-state index is 13.8. The lowest BCUT2D eigenvalue weighted by Crippen LogP contribution is -2.50. The number of anilines is 1. The molecule has 1 aliphatic rings. The minimum Gasteiger partial charge on any atom is -0.340 e. The summed E-state index contributed by atoms with van der Waals surface area (Å²) >= 11 is 5.84. The van der Waals surface area contributed by atoms with Crippen LogP contribution >= 0.6 is 11.6 Å². The highest BCUT2D eigenvalue weighted by Gasteiger charge is 2.29. The van der Waals surface area contributed by atoms with Crippen molar-refractivity contribution in [3.8, 4) is 0 Å². The van der Waals surface area contributed by atoms with Gasteiger partial charge in [-0.1, -0.05) is 11.6 Å². The van der Waals surface area contributed by atoms with Crippen LogP contribution in [0.5, 0.6) is 0 Å². The van der Waals surface area contributed by atoms with Crippen LogP contribution in [-0.2, 0) is 6.54 Å². The van der Waals surface area contributed by atoms with Crippen molar-refractivity contribution in [1.82, 2.24) is 19.5 Å². The summed E-state index contributed by atoms with van der Waals surface area (Å²) in [6, 6.07) is 3.82. The molecule has 3 heterocycles. The van der Waals surface area contributed by atoms with Gasteiger partial charge in [0.15, 0.2) is 0 Å². The van der Waals surface area contributed by atoms with Crippen LogP contribution in [0.2, 0.25) is 5.02 Å². The van der Waals surface area contributed by atoms with Gasteiger partial charge in [-0.15, -0.1) is 0 Å². The molecular formula is C17H17ClF2N6. The first kappa shape index (κ1) is 17.1. The van der Waals surface area contributed by atoms with Crippen LogP contribution in [0.3, 0.4) is 0 Å². The van der Waals surface area contributed by atoms with E-state index in [2.05, 4.69) is 15.0 Å². The Bertz CT molecular complexity index is 929. The van der Waals surface area contributed by atoms with Gasteiger partial charge in [0.05, 0.1) is 28.6 Å². The van der Waals surface area contributed by atoms with Crippen molar-refractivity contribution in [2.75, 3.05) is 18.0 Å². The summed E-state index contributed by atoms with van der Waals surface area (Å²) in [5.74, 6) is 0.761. The zero-order valence-corrected chi connectivity index (χ0v) is 14.6. The second kappa shape index (κ2) is 6.77. The number of halogens is 3. The molecule has 0 radical (unpaired) electrons. The van der Waals surface area contributed by atoms with E-state index < -0.39 is 12.2 Å². The SMILES string of the molecule is N[C@@H]1CN(c2nc3ccc(F)cc3n2Cc2ncc(Cl)cn2)CC[C@H]1F. The lowest BCUT2D eigenvalue weighted by atomic mass is 10.1. The van der Waals surface area contributed by atoms with Gasteiger partial charge >= 0.3 is 0 Å². The van der Waals surface area contributed by atoms with Gasteiger partial charge in [0, 0.05) is 25.5 Å². The van der Waals surface area contributed by atoms with Crippen molar-refractivity contribution in [2.24, 2.45) is 5.73 Å². The summed E-state index contributed by atoms with van der Waals surface area (Å²) in [7, 11) is 0. The Morgan fingerprint density at radius 3 is 2.77 bits per heavy atom. The highest BCUT2D eigenvalue weighted by Crippen LogP contribution is 2.27. The van der Waals surface area contributed by atoms with Crippen LogP contribution in [0, 0.1) is 5.82 Å². The minimum absolute atomic E-state index is 0.289. The van der Waals surface area contributed by atoms with Crippen LogP contribution in [0.1, 0.15) is 12.2 Å². The molecule has 0 aliphatic carbocycles. The zero-order valence-electron chi connectivity index (χ0n) is 13.8. The van der Waals surface area contributed by atoms with E-state index in [1.807, 2.05) is 9.47 Å². The van der Waals surface area contributed by atoms with Crippen molar-refractivity contribution in [2.45, 2.75) is 25.2 Å². The van der Waals surface area contributed by atoms with Gasteiger partial charge in [-0.3, -0.25) is 0 Å². The topological polar surface area (TPSA) is 72.9 Å². The molecule has 1 fully saturated rings. The first-order valence-corrected chi connectivity index (χ1v) is 8.66. The fourth-order valence-electron chi connectivity index (χ4n) is 3.18. The lowest BCUT2D eigenvalue weighted by molar-refractivity contribution is 0.243. The van der Waals surface area contributed by atoms with Crippen LogP contribution in [0.25, 0.3) is 11.0 Å². The number of aromatic nitrogens is 4. The molecule has 4 rings (SSSR count). The summed E-state index contributed by atoms with van der Waals surface area (Å²) in [5, 5.41) is 0.437. The molecular weight excluding hydrogens is 362 g/mol. The molecule has 0 amide bonds. The predicted molar refractivity (Wildman–Crippen MR) is 95.5 cm³/mol. The average Bonchev–Trinajstić information content (AvgIpc) is 2.97. The smallest absolute Gasteiger partial charge is 0.207 e. The van der Waals surface area contributed by atoms with E-state index in [0.717, 1.165) is 0 Å². The molecule has 2 N–H and O–H groups in total. The maximum Gasteiger partial charge on any atom is 0.207 e. The molecule has 6 nitrogen and oxygen atoms in total. The first-order chi connectivity index (χ1) is 12.5. The Morgan fingerprint density at radius 2 is 2.04 bits per heavy atom. The third kappa shape index (κ3) is 3.22. The lowest BCUT2D eigenvalue weighted by Gasteiger charge is -2.34. The fraction of sp³-hybridized carbons (Fsp3) is 0.353. The molecule has 9 heteroatoms. The molecule has 0 unspecified atom stereocenters. The summed E-state index contributed by atoms with van der Waals surface area (Å²) in [5.41, 5.74) is 7.16. The summed E-state index contributed by atoms with van der Waals surface area (Å²) in [6.45, 7) is 1.12. The molecule has 136 valence electrons. The van der Waals surface area contributed by atoms with E-state index in [0.29, 0.717) is 47.3 Å². The van der Waals surface area contributed by atoms with E-state index in [9.17, 15) is 8.78 Å². The van der Waals surface area contributed by atoms with Crippen molar-refractivity contribution in [3.63, 3.8) is 0 Å². The van der Waals surface area contributed by atoms with Gasteiger partial charge < -0.3 is 15.2 Å². The van der Waals surface area contributed by atoms with Crippen molar-refractivity contribution in [3.05, 3.63) is 47.3 Å². The molecule has 3 aromatic rings. The monoisotopic (exact) mass is 378 g/mol. The highest BCUT2D eigenvalue weighted by atomic mass is 35.5. The average molecular weight is 379 g/mol. The number of alkyl halides is 1. The number of nitrogens with two attached hydrogens (primary N) is 1. The Kier molecular flexibility index (Phi) is 4.46. The standard InChI is InChI=1S/C17H17ClF2N6/c18-10-6-22-16(23-7-10)9-26-15-5-11(19)1-2-14(15)24-17(26)25-4-3-12(20)13(21)8-25/h1-2,5-7,12-13H,3-4,8-9,21H2/t12-,13-/m1/s1. The van der Waals surface area contributed by atoms with E-state index in [1.54, 1.807) is 6.07 Å². The number of rotatable bonds is 3. The van der Waals surface area contributed by atoms with Gasteiger partial charge in [0.25, 0.3) is 0 Å². The van der Waals surface area contributed by atoms with Crippen molar-refractivity contribution < 1.29 is 8.78 Å². The third-order valence-electron chi connectivity index (χ3n) is 4.52. The Balaban J connectivity index is 1.77. The molecule has 2 atom stereocenters. The summed E-state index contributed by atoms with van der Waals surface area (Å²) in [4.78, 5) is 15.0. The number of hydrogen-bond donors (Lipinski definition) is 1. The second-order valence-corrected chi connectivity index (χ2v) is 6.80. The van der Waals surface area contributed by atoms with Gasteiger partial charge in [-0.05, 0) is 24.6 Å².